The lowest BCUT2D eigenvalue weighted by Crippen LogP contribution is -2.13. The van der Waals surface area contributed by atoms with Gasteiger partial charge in [0.05, 0.1) is 12.7 Å². The zero-order valence-electron chi connectivity index (χ0n) is 18.4. The number of carbonyl (C=O) groups is 1. The fraction of sp³-hybridized carbons (Fsp3) is 0.217. The summed E-state index contributed by atoms with van der Waals surface area (Å²) in [6.07, 6.45) is -2.49. The summed E-state index contributed by atoms with van der Waals surface area (Å²) in [7, 11) is 1.38. The van der Waals surface area contributed by atoms with Crippen molar-refractivity contribution in [2.75, 3.05) is 12.4 Å². The fourth-order valence-electron chi connectivity index (χ4n) is 2.84. The van der Waals surface area contributed by atoms with Gasteiger partial charge in [-0.15, -0.1) is 10.2 Å². The maximum atomic E-state index is 13.0. The summed E-state index contributed by atoms with van der Waals surface area (Å²) in [4.78, 5) is 12.4. The number of anilines is 1. The van der Waals surface area contributed by atoms with E-state index in [9.17, 15) is 23.2 Å². The molecule has 0 unspecified atom stereocenters. The summed E-state index contributed by atoms with van der Waals surface area (Å²) in [6.45, 7) is 1.67. The van der Waals surface area contributed by atoms with Crippen molar-refractivity contribution in [3.8, 4) is 17.6 Å². The molecule has 0 spiro atoms. The van der Waals surface area contributed by atoms with Crippen molar-refractivity contribution in [2.45, 2.75) is 26.1 Å². The molecule has 0 aliphatic heterocycles. The Kier molecular flexibility index (Phi) is 8.32. The number of amides is 1. The molecule has 0 radical (unpaired) electrons. The fourth-order valence-corrected chi connectivity index (χ4v) is 3.68. The number of hydrogen-bond donors (Lipinski definition) is 1. The Morgan fingerprint density at radius 2 is 2.00 bits per heavy atom. The molecule has 1 heterocycles. The minimum Gasteiger partial charge on any atom is -0.493 e. The van der Waals surface area contributed by atoms with E-state index in [1.165, 1.54) is 36.7 Å². The summed E-state index contributed by atoms with van der Waals surface area (Å²) in [6, 6.07) is 9.41. The second kappa shape index (κ2) is 11.2. The van der Waals surface area contributed by atoms with Crippen molar-refractivity contribution in [1.29, 1.82) is 5.26 Å². The van der Waals surface area contributed by atoms with Gasteiger partial charge in [0.15, 0.2) is 11.5 Å². The van der Waals surface area contributed by atoms with E-state index in [-0.39, 0.29) is 39.4 Å². The van der Waals surface area contributed by atoms with Gasteiger partial charge in [0, 0.05) is 10.6 Å². The van der Waals surface area contributed by atoms with Crippen molar-refractivity contribution < 1.29 is 27.4 Å². The third kappa shape index (κ3) is 6.71. The Bertz CT molecular complexity index is 1300. The molecule has 1 N–H and O–H groups in total. The summed E-state index contributed by atoms with van der Waals surface area (Å²) >= 11 is 7.23. The van der Waals surface area contributed by atoms with Crippen LogP contribution >= 0.6 is 22.9 Å². The number of nitrogens with one attached hydrogen (secondary N) is 1. The molecule has 2 aromatic carbocycles. The molecule has 0 bridgehead atoms. The average molecular weight is 523 g/mol. The highest BCUT2D eigenvalue weighted by Gasteiger charge is 2.31. The van der Waals surface area contributed by atoms with Crippen molar-refractivity contribution in [2.24, 2.45) is 0 Å². The van der Waals surface area contributed by atoms with Crippen LogP contribution in [-0.4, -0.2) is 23.2 Å². The van der Waals surface area contributed by atoms with Gasteiger partial charge in [0.1, 0.15) is 23.3 Å². The van der Waals surface area contributed by atoms with Crippen LogP contribution in [0.5, 0.6) is 11.5 Å². The third-order valence-electron chi connectivity index (χ3n) is 4.61. The van der Waals surface area contributed by atoms with E-state index in [0.29, 0.717) is 12.0 Å². The standard InChI is InChI=1S/C23H18ClF3N4O3S/c1-3-20-30-31-22(35-20)29-21(32)14(11-28)8-13-4-7-18(19(9-13)33-2)34-12-15-10-16(23(25,26)27)5-6-17(15)24/h4-10H,3,12H2,1-2H3,(H,29,31,32)/b14-8+. The first kappa shape index (κ1) is 26.0. The van der Waals surface area contributed by atoms with Gasteiger partial charge in [0.25, 0.3) is 5.91 Å². The number of benzene rings is 2. The zero-order valence-corrected chi connectivity index (χ0v) is 20.0. The Hall–Kier alpha value is -3.62. The van der Waals surface area contributed by atoms with Crippen LogP contribution in [0.15, 0.2) is 42.0 Å². The van der Waals surface area contributed by atoms with Gasteiger partial charge in [-0.3, -0.25) is 10.1 Å². The van der Waals surface area contributed by atoms with Crippen LogP contribution in [0.25, 0.3) is 6.08 Å². The number of aromatic nitrogens is 2. The first-order valence-corrected chi connectivity index (χ1v) is 11.3. The SMILES string of the molecule is CCc1nnc(NC(=O)/C(C#N)=C/c2ccc(OCc3cc(C(F)(F)F)ccc3Cl)c(OC)c2)s1. The Balaban J connectivity index is 1.77. The minimum absolute atomic E-state index is 0.127. The zero-order chi connectivity index (χ0) is 25.6. The Morgan fingerprint density at radius 3 is 2.63 bits per heavy atom. The highest BCUT2D eigenvalue weighted by atomic mass is 35.5. The number of rotatable bonds is 8. The predicted octanol–water partition coefficient (Wildman–Crippen LogP) is 5.91. The molecule has 1 amide bonds. The van der Waals surface area contributed by atoms with Gasteiger partial charge >= 0.3 is 6.18 Å². The van der Waals surface area contributed by atoms with E-state index in [1.54, 1.807) is 6.07 Å². The van der Waals surface area contributed by atoms with E-state index in [0.717, 1.165) is 23.2 Å². The highest BCUT2D eigenvalue weighted by Crippen LogP contribution is 2.34. The number of methoxy groups -OCH3 is 1. The molecule has 182 valence electrons. The first-order valence-electron chi connectivity index (χ1n) is 10.1. The van der Waals surface area contributed by atoms with Crippen molar-refractivity contribution in [1.82, 2.24) is 10.2 Å². The number of carbonyl (C=O) groups excluding carboxylic acids is 1. The van der Waals surface area contributed by atoms with E-state index < -0.39 is 17.6 Å². The van der Waals surface area contributed by atoms with Gasteiger partial charge in [-0.2, -0.15) is 18.4 Å². The molecule has 0 aliphatic carbocycles. The quantitative estimate of drug-likeness (QED) is 0.292. The van der Waals surface area contributed by atoms with Gasteiger partial charge in [-0.25, -0.2) is 0 Å². The van der Waals surface area contributed by atoms with E-state index in [4.69, 9.17) is 21.1 Å². The summed E-state index contributed by atoms with van der Waals surface area (Å²) in [5.41, 5.74) is -0.400. The lowest BCUT2D eigenvalue weighted by Gasteiger charge is -2.14. The second-order valence-electron chi connectivity index (χ2n) is 6.98. The number of ether oxygens (including phenoxy) is 2. The van der Waals surface area contributed by atoms with Crippen LogP contribution in [0.2, 0.25) is 5.02 Å². The van der Waals surface area contributed by atoms with Gasteiger partial charge in [-0.1, -0.05) is 35.9 Å². The maximum absolute atomic E-state index is 13.0. The number of nitriles is 1. The van der Waals surface area contributed by atoms with Crippen LogP contribution in [0, 0.1) is 11.3 Å². The predicted molar refractivity (Wildman–Crippen MR) is 125 cm³/mol. The lowest BCUT2D eigenvalue weighted by atomic mass is 10.1. The van der Waals surface area contributed by atoms with Gasteiger partial charge in [0.2, 0.25) is 5.13 Å². The van der Waals surface area contributed by atoms with E-state index in [2.05, 4.69) is 15.5 Å². The van der Waals surface area contributed by atoms with Crippen LogP contribution in [0.4, 0.5) is 18.3 Å². The molecule has 3 rings (SSSR count). The maximum Gasteiger partial charge on any atom is 0.416 e. The topological polar surface area (TPSA) is 97.1 Å². The molecule has 0 saturated carbocycles. The number of aryl methyl sites for hydroxylation is 1. The third-order valence-corrected chi connectivity index (χ3v) is 5.96. The van der Waals surface area contributed by atoms with Crippen LogP contribution in [-0.2, 0) is 24.0 Å². The summed E-state index contributed by atoms with van der Waals surface area (Å²) in [5.74, 6) is -0.164. The van der Waals surface area contributed by atoms with Gasteiger partial charge in [-0.05, 0) is 48.4 Å². The van der Waals surface area contributed by atoms with E-state index >= 15 is 0 Å². The molecule has 0 saturated heterocycles. The molecular weight excluding hydrogens is 505 g/mol. The molecule has 0 fully saturated rings. The highest BCUT2D eigenvalue weighted by molar-refractivity contribution is 7.15. The van der Waals surface area contributed by atoms with Crippen LogP contribution in [0.1, 0.15) is 28.6 Å². The average Bonchev–Trinajstić information content (AvgIpc) is 3.28. The Labute approximate surface area is 207 Å². The first-order chi connectivity index (χ1) is 16.6. The number of nitrogens with zero attached hydrogens (tertiary/aromatic N) is 3. The largest absolute Gasteiger partial charge is 0.493 e. The monoisotopic (exact) mass is 522 g/mol. The van der Waals surface area contributed by atoms with Crippen molar-refractivity contribution in [3.05, 3.63) is 68.7 Å². The summed E-state index contributed by atoms with van der Waals surface area (Å²) < 4.78 is 49.9. The second-order valence-corrected chi connectivity index (χ2v) is 8.45. The molecule has 0 atom stereocenters. The molecular formula is C23H18ClF3N4O3S. The Morgan fingerprint density at radius 1 is 1.23 bits per heavy atom. The smallest absolute Gasteiger partial charge is 0.416 e. The summed E-state index contributed by atoms with van der Waals surface area (Å²) in [5, 5.41) is 20.9. The lowest BCUT2D eigenvalue weighted by molar-refractivity contribution is -0.137. The van der Waals surface area contributed by atoms with Crippen molar-refractivity contribution in [3.63, 3.8) is 0 Å². The molecule has 7 nitrogen and oxygen atoms in total. The van der Waals surface area contributed by atoms with Crippen LogP contribution in [0.3, 0.4) is 0 Å². The number of halogens is 4. The number of hydrogen-bond acceptors (Lipinski definition) is 7. The molecule has 12 heteroatoms. The molecule has 0 aliphatic rings. The minimum atomic E-state index is -4.51. The van der Waals surface area contributed by atoms with Gasteiger partial charge < -0.3 is 9.47 Å². The van der Waals surface area contributed by atoms with Crippen LogP contribution < -0.4 is 14.8 Å². The normalized spacial score (nSPS) is 11.6. The number of alkyl halides is 3. The van der Waals surface area contributed by atoms with Crippen molar-refractivity contribution >= 4 is 40.1 Å². The molecule has 1 aromatic heterocycles. The molecule has 35 heavy (non-hydrogen) atoms. The van der Waals surface area contributed by atoms with E-state index in [1.807, 2.05) is 13.0 Å². The molecule has 3 aromatic rings.